The summed E-state index contributed by atoms with van der Waals surface area (Å²) in [5, 5.41) is 0. The van der Waals surface area contributed by atoms with Gasteiger partial charge in [0.05, 0.1) is 10.6 Å². The lowest BCUT2D eigenvalue weighted by Crippen LogP contribution is -2.44. The standard InChI is InChI=1S/C19H27NO3S/c21-19(17-9-3-1-4-10-17)20-13-7-8-16(14-20)15-24(22,23)18-11-5-2-6-12-18/h2,5-6,11-12,16-17H,1,3-4,7-10,13-15H2. The van der Waals surface area contributed by atoms with Gasteiger partial charge in [0.2, 0.25) is 5.91 Å². The molecule has 2 fully saturated rings. The highest BCUT2D eigenvalue weighted by atomic mass is 32.2. The van der Waals surface area contributed by atoms with E-state index >= 15 is 0 Å². The zero-order valence-corrected chi connectivity index (χ0v) is 15.0. The van der Waals surface area contributed by atoms with Crippen molar-refractivity contribution in [2.24, 2.45) is 11.8 Å². The molecule has 1 unspecified atom stereocenters. The largest absolute Gasteiger partial charge is 0.342 e. The predicted molar refractivity (Wildman–Crippen MR) is 94.4 cm³/mol. The minimum atomic E-state index is -3.27. The summed E-state index contributed by atoms with van der Waals surface area (Å²) in [6.45, 7) is 1.39. The number of hydrogen-bond acceptors (Lipinski definition) is 3. The van der Waals surface area contributed by atoms with E-state index in [1.54, 1.807) is 24.3 Å². The fraction of sp³-hybridized carbons (Fsp3) is 0.632. The first-order valence-corrected chi connectivity index (χ1v) is 10.8. The molecule has 24 heavy (non-hydrogen) atoms. The molecule has 1 aliphatic carbocycles. The first-order valence-electron chi connectivity index (χ1n) is 9.13. The second-order valence-corrected chi connectivity index (χ2v) is 9.26. The molecule has 1 amide bonds. The van der Waals surface area contributed by atoms with Gasteiger partial charge in [0, 0.05) is 19.0 Å². The number of hydrogen-bond donors (Lipinski definition) is 0. The summed E-state index contributed by atoms with van der Waals surface area (Å²) < 4.78 is 25.2. The van der Waals surface area contributed by atoms with E-state index in [0.29, 0.717) is 11.4 Å². The number of likely N-dealkylation sites (tertiary alicyclic amines) is 1. The Bertz CT molecular complexity index is 650. The number of nitrogens with zero attached hydrogens (tertiary/aromatic N) is 1. The molecule has 0 aromatic heterocycles. The van der Waals surface area contributed by atoms with Crippen molar-refractivity contribution < 1.29 is 13.2 Å². The lowest BCUT2D eigenvalue weighted by atomic mass is 9.87. The summed E-state index contributed by atoms with van der Waals surface area (Å²) in [6.07, 6.45) is 7.34. The maximum absolute atomic E-state index is 12.7. The highest BCUT2D eigenvalue weighted by Gasteiger charge is 2.31. The van der Waals surface area contributed by atoms with Crippen LogP contribution in [0.1, 0.15) is 44.9 Å². The van der Waals surface area contributed by atoms with Crippen molar-refractivity contribution in [1.29, 1.82) is 0 Å². The molecule has 4 nitrogen and oxygen atoms in total. The van der Waals surface area contributed by atoms with Crippen LogP contribution in [0.25, 0.3) is 0 Å². The van der Waals surface area contributed by atoms with Gasteiger partial charge in [-0.15, -0.1) is 0 Å². The van der Waals surface area contributed by atoms with E-state index in [1.807, 2.05) is 11.0 Å². The smallest absolute Gasteiger partial charge is 0.225 e. The Morgan fingerprint density at radius 2 is 1.71 bits per heavy atom. The van der Waals surface area contributed by atoms with Crippen LogP contribution in [0.15, 0.2) is 35.2 Å². The lowest BCUT2D eigenvalue weighted by molar-refractivity contribution is -0.138. The van der Waals surface area contributed by atoms with Crippen LogP contribution in [-0.4, -0.2) is 38.1 Å². The molecule has 0 radical (unpaired) electrons. The maximum atomic E-state index is 12.7. The Morgan fingerprint density at radius 1 is 1.00 bits per heavy atom. The van der Waals surface area contributed by atoms with Crippen LogP contribution >= 0.6 is 0 Å². The highest BCUT2D eigenvalue weighted by Crippen LogP contribution is 2.28. The highest BCUT2D eigenvalue weighted by molar-refractivity contribution is 7.91. The third-order valence-electron chi connectivity index (χ3n) is 5.34. The van der Waals surface area contributed by atoms with Gasteiger partial charge in [-0.3, -0.25) is 4.79 Å². The van der Waals surface area contributed by atoms with Crippen molar-refractivity contribution in [2.45, 2.75) is 49.8 Å². The Balaban J connectivity index is 1.62. The average molecular weight is 349 g/mol. The van der Waals surface area contributed by atoms with Gasteiger partial charge < -0.3 is 4.90 Å². The molecule has 1 heterocycles. The summed E-state index contributed by atoms with van der Waals surface area (Å²) in [4.78, 5) is 15.0. The summed E-state index contributed by atoms with van der Waals surface area (Å²) in [5.41, 5.74) is 0. The number of amides is 1. The van der Waals surface area contributed by atoms with Gasteiger partial charge >= 0.3 is 0 Å². The molecule has 0 bridgehead atoms. The molecule has 5 heteroatoms. The number of rotatable bonds is 4. The molecular weight excluding hydrogens is 322 g/mol. The molecule has 0 N–H and O–H groups in total. The topological polar surface area (TPSA) is 54.5 Å². The molecule has 1 saturated carbocycles. The van der Waals surface area contributed by atoms with Gasteiger partial charge in [-0.1, -0.05) is 37.5 Å². The molecule has 1 aromatic rings. The van der Waals surface area contributed by atoms with Crippen LogP contribution in [0.5, 0.6) is 0 Å². The van der Waals surface area contributed by atoms with Crippen molar-refractivity contribution in [1.82, 2.24) is 4.90 Å². The van der Waals surface area contributed by atoms with Gasteiger partial charge in [0.15, 0.2) is 9.84 Å². The average Bonchev–Trinajstić information content (AvgIpc) is 2.62. The maximum Gasteiger partial charge on any atom is 0.225 e. The van der Waals surface area contributed by atoms with Crippen molar-refractivity contribution in [3.63, 3.8) is 0 Å². The van der Waals surface area contributed by atoms with E-state index in [0.717, 1.165) is 45.1 Å². The Kier molecular flexibility index (Phi) is 5.59. The summed E-state index contributed by atoms with van der Waals surface area (Å²) in [6, 6.07) is 8.65. The quantitative estimate of drug-likeness (QED) is 0.838. The summed E-state index contributed by atoms with van der Waals surface area (Å²) in [5.74, 6) is 0.627. The molecule has 1 aliphatic heterocycles. The number of benzene rings is 1. The van der Waals surface area contributed by atoms with E-state index < -0.39 is 9.84 Å². The van der Waals surface area contributed by atoms with Crippen molar-refractivity contribution in [3.05, 3.63) is 30.3 Å². The number of piperidine rings is 1. The molecule has 1 atom stereocenters. The third kappa shape index (κ3) is 4.18. The zero-order chi connectivity index (χ0) is 17.0. The fourth-order valence-corrected chi connectivity index (χ4v) is 5.70. The second kappa shape index (κ2) is 7.68. The van der Waals surface area contributed by atoms with Gasteiger partial charge in [0.25, 0.3) is 0 Å². The molecule has 2 aliphatic rings. The normalized spacial score (nSPS) is 23.2. The minimum Gasteiger partial charge on any atom is -0.342 e. The summed E-state index contributed by atoms with van der Waals surface area (Å²) in [7, 11) is -3.27. The van der Waals surface area contributed by atoms with E-state index in [1.165, 1.54) is 6.42 Å². The van der Waals surface area contributed by atoms with E-state index in [-0.39, 0.29) is 23.5 Å². The Hall–Kier alpha value is -1.36. The SMILES string of the molecule is O=C(C1CCCCC1)N1CCCC(CS(=O)(=O)c2ccccc2)C1. The lowest BCUT2D eigenvalue weighted by Gasteiger charge is -2.35. The van der Waals surface area contributed by atoms with Crippen LogP contribution < -0.4 is 0 Å². The van der Waals surface area contributed by atoms with Gasteiger partial charge in [-0.25, -0.2) is 8.42 Å². The van der Waals surface area contributed by atoms with Gasteiger partial charge in [0.1, 0.15) is 0 Å². The van der Waals surface area contributed by atoms with Crippen molar-refractivity contribution in [3.8, 4) is 0 Å². The molecular formula is C19H27NO3S. The van der Waals surface area contributed by atoms with E-state index in [4.69, 9.17) is 0 Å². The second-order valence-electron chi connectivity index (χ2n) is 7.22. The first kappa shape index (κ1) is 17.5. The number of sulfone groups is 1. The zero-order valence-electron chi connectivity index (χ0n) is 14.2. The first-order chi connectivity index (χ1) is 11.6. The molecule has 3 rings (SSSR count). The number of carbonyl (C=O) groups is 1. The number of carbonyl (C=O) groups excluding carboxylic acids is 1. The monoisotopic (exact) mass is 349 g/mol. The van der Waals surface area contributed by atoms with Crippen molar-refractivity contribution in [2.75, 3.05) is 18.8 Å². The van der Waals surface area contributed by atoms with Crippen LogP contribution in [0.3, 0.4) is 0 Å². The van der Waals surface area contributed by atoms with E-state index in [9.17, 15) is 13.2 Å². The molecule has 1 saturated heterocycles. The van der Waals surface area contributed by atoms with Crippen LogP contribution in [0.2, 0.25) is 0 Å². The third-order valence-corrected chi connectivity index (χ3v) is 7.24. The Labute approximate surface area is 145 Å². The fourth-order valence-electron chi connectivity index (χ4n) is 4.04. The van der Waals surface area contributed by atoms with E-state index in [2.05, 4.69) is 0 Å². The Morgan fingerprint density at radius 3 is 2.42 bits per heavy atom. The van der Waals surface area contributed by atoms with Crippen LogP contribution in [-0.2, 0) is 14.6 Å². The predicted octanol–water partition coefficient (Wildman–Crippen LogP) is 3.28. The summed E-state index contributed by atoms with van der Waals surface area (Å²) >= 11 is 0. The van der Waals surface area contributed by atoms with Gasteiger partial charge in [-0.2, -0.15) is 0 Å². The molecule has 0 spiro atoms. The molecule has 132 valence electrons. The van der Waals surface area contributed by atoms with Gasteiger partial charge in [-0.05, 0) is 43.7 Å². The molecule has 1 aromatic carbocycles. The minimum absolute atomic E-state index is 0.0523. The van der Waals surface area contributed by atoms with Crippen LogP contribution in [0.4, 0.5) is 0 Å². The van der Waals surface area contributed by atoms with Crippen LogP contribution in [0, 0.1) is 11.8 Å². The van der Waals surface area contributed by atoms with Crippen molar-refractivity contribution >= 4 is 15.7 Å².